The van der Waals surface area contributed by atoms with Gasteiger partial charge in [0, 0.05) is 11.9 Å². The third-order valence-electron chi connectivity index (χ3n) is 3.38. The van der Waals surface area contributed by atoms with Gasteiger partial charge >= 0.3 is 0 Å². The molecule has 0 unspecified atom stereocenters. The lowest BCUT2D eigenvalue weighted by Crippen LogP contribution is -2.19. The Labute approximate surface area is 167 Å². The van der Waals surface area contributed by atoms with Crippen molar-refractivity contribution in [3.05, 3.63) is 75.4 Å². The minimum atomic E-state index is -0.502. The van der Waals surface area contributed by atoms with E-state index in [4.69, 9.17) is 23.8 Å². The van der Waals surface area contributed by atoms with Crippen molar-refractivity contribution in [3.8, 4) is 0 Å². The highest BCUT2D eigenvalue weighted by atomic mass is 79.9. The van der Waals surface area contributed by atoms with Gasteiger partial charge in [0.2, 0.25) is 0 Å². The molecule has 1 heterocycles. The van der Waals surface area contributed by atoms with E-state index in [1.165, 1.54) is 30.3 Å². The van der Waals surface area contributed by atoms with Crippen molar-refractivity contribution in [2.45, 2.75) is 6.54 Å². The molecule has 3 aromatic rings. The zero-order valence-electron chi connectivity index (χ0n) is 13.1. The number of benzene rings is 2. The summed E-state index contributed by atoms with van der Waals surface area (Å²) in [5, 5.41) is 10.5. The summed E-state index contributed by atoms with van der Waals surface area (Å²) in [4.78, 5) is 0. The molecule has 0 aliphatic heterocycles. The van der Waals surface area contributed by atoms with Crippen LogP contribution >= 0.6 is 39.7 Å². The van der Waals surface area contributed by atoms with Gasteiger partial charge in [-0.05, 0) is 64.0 Å². The Morgan fingerprint density at radius 3 is 2.58 bits per heavy atom. The molecule has 0 spiro atoms. The monoisotopic (exact) mass is 456 g/mol. The van der Waals surface area contributed by atoms with Crippen LogP contribution < -0.4 is 10.6 Å². The van der Waals surface area contributed by atoms with Crippen molar-refractivity contribution in [1.29, 1.82) is 0 Å². The van der Waals surface area contributed by atoms with Crippen LogP contribution in [0.3, 0.4) is 0 Å². The Bertz CT molecular complexity index is 946. The number of halogens is 4. The van der Waals surface area contributed by atoms with E-state index < -0.39 is 5.82 Å². The Morgan fingerprint density at radius 1 is 1.15 bits per heavy atom. The molecular weight excluding hydrogens is 446 g/mol. The molecule has 4 nitrogen and oxygen atoms in total. The van der Waals surface area contributed by atoms with Crippen molar-refractivity contribution in [1.82, 2.24) is 9.78 Å². The number of rotatable bonds is 4. The molecule has 0 aliphatic rings. The zero-order valence-corrected chi connectivity index (χ0v) is 16.3. The highest BCUT2D eigenvalue weighted by Gasteiger charge is 2.10. The molecule has 1 aromatic heterocycles. The number of anilines is 2. The maximum atomic E-state index is 13.2. The third-order valence-corrected chi connectivity index (χ3v) is 4.46. The molecule has 0 fully saturated rings. The van der Waals surface area contributed by atoms with Gasteiger partial charge in [-0.15, -0.1) is 0 Å². The Hall–Kier alpha value is -2.03. The fourth-order valence-corrected chi connectivity index (χ4v) is 2.99. The largest absolute Gasteiger partial charge is 0.332 e. The van der Waals surface area contributed by atoms with Crippen LogP contribution in [-0.2, 0) is 6.54 Å². The SMILES string of the molecule is Fc1ccc(Cn2cc(Br)c(NC(=S)Nc3ccc(F)c(Cl)c3)n2)cc1. The van der Waals surface area contributed by atoms with E-state index >= 15 is 0 Å². The van der Waals surface area contributed by atoms with Crippen LogP contribution in [0.1, 0.15) is 5.56 Å². The molecule has 9 heteroatoms. The number of hydrogen-bond acceptors (Lipinski definition) is 2. The topological polar surface area (TPSA) is 41.9 Å². The van der Waals surface area contributed by atoms with E-state index in [1.54, 1.807) is 23.0 Å². The van der Waals surface area contributed by atoms with Gasteiger partial charge in [-0.2, -0.15) is 5.10 Å². The van der Waals surface area contributed by atoms with Gasteiger partial charge in [0.05, 0.1) is 16.0 Å². The van der Waals surface area contributed by atoms with Gasteiger partial charge in [-0.1, -0.05) is 23.7 Å². The van der Waals surface area contributed by atoms with Crippen LogP contribution in [0, 0.1) is 11.6 Å². The number of aromatic nitrogens is 2. The van der Waals surface area contributed by atoms with Gasteiger partial charge in [0.15, 0.2) is 10.9 Å². The highest BCUT2D eigenvalue weighted by molar-refractivity contribution is 9.10. The van der Waals surface area contributed by atoms with Gasteiger partial charge in [0.25, 0.3) is 0 Å². The first-order valence-electron chi connectivity index (χ1n) is 7.41. The lowest BCUT2D eigenvalue weighted by atomic mass is 10.2. The molecule has 0 aliphatic carbocycles. The summed E-state index contributed by atoms with van der Waals surface area (Å²) < 4.78 is 28.6. The van der Waals surface area contributed by atoms with E-state index in [1.807, 2.05) is 0 Å². The number of thiocarbonyl (C=S) groups is 1. The summed E-state index contributed by atoms with van der Waals surface area (Å²) >= 11 is 14.4. The Kier molecular flexibility index (Phi) is 5.85. The first-order valence-corrected chi connectivity index (χ1v) is 8.99. The summed E-state index contributed by atoms with van der Waals surface area (Å²) in [5.74, 6) is -0.272. The van der Waals surface area contributed by atoms with Crippen LogP contribution in [0.5, 0.6) is 0 Å². The molecule has 134 valence electrons. The Balaban J connectivity index is 1.65. The summed E-state index contributed by atoms with van der Waals surface area (Å²) in [6.45, 7) is 0.480. The predicted molar refractivity (Wildman–Crippen MR) is 107 cm³/mol. The second kappa shape index (κ2) is 8.11. The lowest BCUT2D eigenvalue weighted by Gasteiger charge is -2.09. The standard InChI is InChI=1S/C17H12BrClF2N4S/c18-13-9-25(8-10-1-3-11(20)4-2-10)24-16(13)23-17(26)22-12-5-6-15(21)14(19)7-12/h1-7,9H,8H2,(H2,22,23,24,26). The normalized spacial score (nSPS) is 10.6. The third kappa shape index (κ3) is 4.78. The fourth-order valence-electron chi connectivity index (χ4n) is 2.18. The van der Waals surface area contributed by atoms with Crippen molar-refractivity contribution < 1.29 is 8.78 Å². The van der Waals surface area contributed by atoms with Crippen LogP contribution in [0.15, 0.2) is 53.1 Å². The molecule has 0 saturated heterocycles. The van der Waals surface area contributed by atoms with Gasteiger partial charge in [-0.3, -0.25) is 4.68 Å². The molecule has 2 N–H and O–H groups in total. The minimum Gasteiger partial charge on any atom is -0.332 e. The molecule has 0 radical (unpaired) electrons. The summed E-state index contributed by atoms with van der Waals surface area (Å²) in [5.41, 5.74) is 1.46. The second-order valence-electron chi connectivity index (χ2n) is 5.36. The second-order valence-corrected chi connectivity index (χ2v) is 7.03. The molecule has 2 aromatic carbocycles. The van der Waals surface area contributed by atoms with Gasteiger partial charge < -0.3 is 10.6 Å². The molecule has 0 saturated carbocycles. The van der Waals surface area contributed by atoms with E-state index in [-0.39, 0.29) is 16.0 Å². The van der Waals surface area contributed by atoms with Crippen molar-refractivity contribution in [2.75, 3.05) is 10.6 Å². The van der Waals surface area contributed by atoms with Crippen molar-refractivity contribution in [2.24, 2.45) is 0 Å². The molecule has 3 rings (SSSR count). The quantitative estimate of drug-likeness (QED) is 0.512. The van der Waals surface area contributed by atoms with Gasteiger partial charge in [0.1, 0.15) is 11.6 Å². The lowest BCUT2D eigenvalue weighted by molar-refractivity contribution is 0.624. The van der Waals surface area contributed by atoms with Crippen molar-refractivity contribution >= 4 is 56.4 Å². The fraction of sp³-hybridized carbons (Fsp3) is 0.0588. The van der Waals surface area contributed by atoms with E-state index in [0.29, 0.717) is 22.5 Å². The van der Waals surface area contributed by atoms with Crippen LogP contribution in [-0.4, -0.2) is 14.9 Å². The molecule has 0 bridgehead atoms. The zero-order chi connectivity index (χ0) is 18.7. The van der Waals surface area contributed by atoms with Crippen molar-refractivity contribution in [3.63, 3.8) is 0 Å². The van der Waals surface area contributed by atoms with E-state index in [2.05, 4.69) is 31.7 Å². The molecule has 0 atom stereocenters. The first-order chi connectivity index (χ1) is 12.4. The maximum absolute atomic E-state index is 13.2. The van der Waals surface area contributed by atoms with E-state index in [9.17, 15) is 8.78 Å². The van der Waals surface area contributed by atoms with Gasteiger partial charge in [-0.25, -0.2) is 8.78 Å². The molecule has 0 amide bonds. The average Bonchev–Trinajstić information content (AvgIpc) is 2.92. The average molecular weight is 458 g/mol. The molecular formula is C17H12BrClF2N4S. The summed E-state index contributed by atoms with van der Waals surface area (Å²) in [7, 11) is 0. The number of nitrogens with zero attached hydrogens (tertiary/aromatic N) is 2. The van der Waals surface area contributed by atoms with E-state index in [0.717, 1.165) is 5.56 Å². The Morgan fingerprint density at radius 2 is 1.88 bits per heavy atom. The number of hydrogen-bond donors (Lipinski definition) is 2. The number of nitrogens with one attached hydrogen (secondary N) is 2. The summed E-state index contributed by atoms with van der Waals surface area (Å²) in [6.07, 6.45) is 1.78. The van der Waals surface area contributed by atoms with Crippen LogP contribution in [0.25, 0.3) is 0 Å². The molecule has 26 heavy (non-hydrogen) atoms. The van der Waals surface area contributed by atoms with Crippen LogP contribution in [0.4, 0.5) is 20.3 Å². The van der Waals surface area contributed by atoms with Crippen LogP contribution in [0.2, 0.25) is 5.02 Å². The maximum Gasteiger partial charge on any atom is 0.176 e. The smallest absolute Gasteiger partial charge is 0.176 e. The summed E-state index contributed by atoms with van der Waals surface area (Å²) in [6, 6.07) is 10.4. The highest BCUT2D eigenvalue weighted by Crippen LogP contribution is 2.22. The first kappa shape index (κ1) is 18.8. The minimum absolute atomic E-state index is 0.00237. The predicted octanol–water partition coefficient (Wildman–Crippen LogP) is 5.43.